The van der Waals surface area contributed by atoms with Gasteiger partial charge in [-0.25, -0.2) is 12.7 Å². The summed E-state index contributed by atoms with van der Waals surface area (Å²) in [5.74, 6) is 3.61. The summed E-state index contributed by atoms with van der Waals surface area (Å²) in [7, 11) is -0.240. The van der Waals surface area contributed by atoms with Crippen LogP contribution in [0.15, 0.2) is 23.1 Å². The van der Waals surface area contributed by atoms with Crippen LogP contribution in [0.5, 0.6) is 5.75 Å². The van der Waals surface area contributed by atoms with Gasteiger partial charge >= 0.3 is 19.5 Å². The van der Waals surface area contributed by atoms with Crippen LogP contribution in [-0.4, -0.2) is 56.2 Å². The number of halogens is 2. The average molecular weight is 708 g/mol. The molecule has 0 aliphatic heterocycles. The predicted molar refractivity (Wildman–Crippen MR) is 156 cm³/mol. The van der Waals surface area contributed by atoms with Crippen LogP contribution in [0.2, 0.25) is 0 Å². The van der Waals surface area contributed by atoms with E-state index in [4.69, 9.17) is 4.74 Å². The fraction of sp³-hybridized carbons (Fsp3) is 0.767. The topological polar surface area (TPSA) is 46.6 Å². The molecule has 9 heteroatoms. The predicted octanol–water partition coefficient (Wildman–Crippen LogP) is 1.90. The minimum atomic E-state index is -3.50. The Balaban J connectivity index is 0.00000253. The number of sulfonamides is 1. The zero-order valence-corrected chi connectivity index (χ0v) is 29.2. The molecule has 3 saturated carbocycles. The quantitative estimate of drug-likeness (QED) is 0.292. The van der Waals surface area contributed by atoms with Gasteiger partial charge in [-0.15, -0.1) is 0 Å². The summed E-state index contributed by atoms with van der Waals surface area (Å²) in [6.45, 7) is 1.29. The SMILES string of the molecule is CCCOc1ccc(S(=O)(=O)N(C)C)cc1C=P(C1CCCCC1)(C1CCCCC1)C1CCCCC1.[Cl-].[Cl-].[Ru+2]. The molecule has 3 fully saturated rings. The third kappa shape index (κ3) is 8.73. The standard InChI is InChI=1S/C30H50NO3PS.2ClH.Ru/c1-4-22-34-30-21-20-29(36(32,33)31(2)3)23-25(30)24-35(26-14-8-5-9-15-26,27-16-10-6-11-17-27)28-18-12-7-13-19-28;;;/h20-21,23-24,26-28H,4-19,22H2,1-3H3;2*1H;/q;;;+2/p-2. The van der Waals surface area contributed by atoms with Gasteiger partial charge in [-0.05, 0) is 80.1 Å². The summed E-state index contributed by atoms with van der Waals surface area (Å²) in [6, 6.07) is 5.65. The van der Waals surface area contributed by atoms with Crippen molar-refractivity contribution in [3.63, 3.8) is 0 Å². The molecule has 1 aromatic carbocycles. The third-order valence-corrected chi connectivity index (χ3v) is 17.1. The van der Waals surface area contributed by atoms with Crippen molar-refractivity contribution in [2.75, 3.05) is 20.7 Å². The van der Waals surface area contributed by atoms with E-state index in [1.54, 1.807) is 20.2 Å². The Labute approximate surface area is 264 Å². The van der Waals surface area contributed by atoms with E-state index in [-0.39, 0.29) is 44.3 Å². The van der Waals surface area contributed by atoms with Gasteiger partial charge in [0.15, 0.2) is 0 Å². The number of rotatable bonds is 9. The van der Waals surface area contributed by atoms with Gasteiger partial charge in [-0.2, -0.15) is 0 Å². The van der Waals surface area contributed by atoms with E-state index in [2.05, 4.69) is 12.7 Å². The van der Waals surface area contributed by atoms with Gasteiger partial charge in [0.05, 0.1) is 11.5 Å². The molecule has 4 nitrogen and oxygen atoms in total. The smallest absolute Gasteiger partial charge is 1.00 e. The van der Waals surface area contributed by atoms with Crippen molar-refractivity contribution in [1.29, 1.82) is 0 Å². The van der Waals surface area contributed by atoms with Crippen molar-refractivity contribution in [3.8, 4) is 5.75 Å². The zero-order chi connectivity index (χ0) is 25.6. The summed E-state index contributed by atoms with van der Waals surface area (Å²) < 4.78 is 34.0. The van der Waals surface area contributed by atoms with E-state index in [0.29, 0.717) is 11.5 Å². The van der Waals surface area contributed by atoms with Crippen LogP contribution in [-0.2, 0) is 29.5 Å². The van der Waals surface area contributed by atoms with Gasteiger partial charge in [-0.3, -0.25) is 0 Å². The van der Waals surface area contributed by atoms with Crippen LogP contribution in [0.1, 0.15) is 115 Å². The summed E-state index contributed by atoms with van der Waals surface area (Å²) in [6.07, 6.45) is 21.5. The molecular weight excluding hydrogens is 657 g/mol. The van der Waals surface area contributed by atoms with Gasteiger partial charge in [0.25, 0.3) is 0 Å². The minimum Gasteiger partial charge on any atom is -1.00 e. The monoisotopic (exact) mass is 707 g/mol. The number of hydrogen-bond donors (Lipinski definition) is 0. The summed E-state index contributed by atoms with van der Waals surface area (Å²) >= 11 is 0. The molecule has 0 amide bonds. The van der Waals surface area contributed by atoms with Crippen LogP contribution < -0.4 is 29.6 Å². The first-order valence-electron chi connectivity index (χ1n) is 14.8. The Morgan fingerprint density at radius 1 is 0.821 bits per heavy atom. The van der Waals surface area contributed by atoms with E-state index in [1.807, 2.05) is 12.1 Å². The van der Waals surface area contributed by atoms with Crippen molar-refractivity contribution in [3.05, 3.63) is 23.8 Å². The van der Waals surface area contributed by atoms with Crippen LogP contribution >= 0.6 is 6.89 Å². The molecule has 0 spiro atoms. The second-order valence-corrected chi connectivity index (χ2v) is 18.1. The molecule has 0 N–H and O–H groups in total. The molecule has 0 bridgehead atoms. The summed E-state index contributed by atoms with van der Waals surface area (Å²) in [4.78, 5) is 0.400. The normalized spacial score (nSPS) is 19.9. The van der Waals surface area contributed by atoms with Gasteiger partial charge in [0.1, 0.15) is 5.75 Å². The Hall–Kier alpha value is 0.433. The van der Waals surface area contributed by atoms with Crippen molar-refractivity contribution in [2.24, 2.45) is 0 Å². The van der Waals surface area contributed by atoms with Crippen molar-refractivity contribution in [1.82, 2.24) is 4.31 Å². The van der Waals surface area contributed by atoms with E-state index >= 15 is 0 Å². The molecule has 3 aliphatic carbocycles. The fourth-order valence-corrected chi connectivity index (χ4v) is 15.2. The first-order chi connectivity index (χ1) is 17.4. The maximum absolute atomic E-state index is 13.2. The Kier molecular flexibility index (Phi) is 16.8. The van der Waals surface area contributed by atoms with Gasteiger partial charge in [0, 0.05) is 19.7 Å². The minimum absolute atomic E-state index is 0. The molecule has 226 valence electrons. The molecule has 0 aromatic heterocycles. The molecule has 1 aromatic rings. The molecule has 3 aliphatic rings. The second-order valence-electron chi connectivity index (χ2n) is 11.7. The molecule has 39 heavy (non-hydrogen) atoms. The molecular formula is C30H50Cl2NO3PRuS. The van der Waals surface area contributed by atoms with Crippen molar-refractivity contribution in [2.45, 2.75) is 132 Å². The second kappa shape index (κ2) is 17.5. The number of ether oxygens (including phenoxy) is 1. The van der Waals surface area contributed by atoms with Crippen LogP contribution in [0.25, 0.3) is 0 Å². The van der Waals surface area contributed by atoms with E-state index in [0.717, 1.165) is 34.7 Å². The first-order valence-corrected chi connectivity index (χ1v) is 18.3. The zero-order valence-electron chi connectivity index (χ0n) is 24.2. The van der Waals surface area contributed by atoms with Gasteiger partial charge in [0.2, 0.25) is 10.0 Å². The van der Waals surface area contributed by atoms with E-state index < -0.39 is 16.9 Å². The van der Waals surface area contributed by atoms with Crippen LogP contribution in [0.4, 0.5) is 0 Å². The first kappa shape index (κ1) is 37.5. The summed E-state index contributed by atoms with van der Waals surface area (Å²) in [5, 5.41) is 0. The van der Waals surface area contributed by atoms with Crippen LogP contribution in [0.3, 0.4) is 0 Å². The van der Waals surface area contributed by atoms with E-state index in [1.165, 1.54) is 101 Å². The maximum atomic E-state index is 13.2. The third-order valence-electron chi connectivity index (χ3n) is 9.21. The Morgan fingerprint density at radius 2 is 1.26 bits per heavy atom. The molecule has 0 heterocycles. The van der Waals surface area contributed by atoms with Gasteiger partial charge in [-0.1, -0.05) is 77.4 Å². The van der Waals surface area contributed by atoms with E-state index in [9.17, 15) is 8.42 Å². The molecule has 0 unspecified atom stereocenters. The molecule has 0 saturated heterocycles. The number of nitrogens with zero attached hydrogens (tertiary/aromatic N) is 1. The number of benzene rings is 1. The number of hydrogen-bond acceptors (Lipinski definition) is 3. The van der Waals surface area contributed by atoms with Crippen molar-refractivity contribution < 1.29 is 57.4 Å². The Bertz CT molecular complexity index is 967. The maximum Gasteiger partial charge on any atom is 2.00 e. The average Bonchev–Trinajstić information content (AvgIpc) is 2.92. The largest absolute Gasteiger partial charge is 2.00 e. The van der Waals surface area contributed by atoms with Crippen molar-refractivity contribution >= 4 is 22.7 Å². The Morgan fingerprint density at radius 3 is 1.64 bits per heavy atom. The van der Waals surface area contributed by atoms with Gasteiger partial charge < -0.3 is 29.6 Å². The molecule has 0 radical (unpaired) electrons. The van der Waals surface area contributed by atoms with Crippen LogP contribution in [0, 0.1) is 0 Å². The fourth-order valence-electron chi connectivity index (χ4n) is 7.38. The molecule has 0 atom stereocenters. The molecule has 4 rings (SSSR count). The summed E-state index contributed by atoms with van der Waals surface area (Å²) in [5.41, 5.74) is 3.50.